The Morgan fingerprint density at radius 1 is 1.11 bits per heavy atom. The maximum atomic E-state index is 11.8. The van der Waals surface area contributed by atoms with Crippen molar-refractivity contribution in [3.63, 3.8) is 0 Å². The number of primary amides is 1. The summed E-state index contributed by atoms with van der Waals surface area (Å²) in [4.78, 5) is 22.7. The van der Waals surface area contributed by atoms with Crippen molar-refractivity contribution in [2.24, 2.45) is 16.9 Å². The van der Waals surface area contributed by atoms with Crippen molar-refractivity contribution in [1.82, 2.24) is 5.32 Å². The maximum Gasteiger partial charge on any atom is 0.220 e. The van der Waals surface area contributed by atoms with E-state index in [-0.39, 0.29) is 17.7 Å². The number of rotatable bonds is 8. The van der Waals surface area contributed by atoms with Gasteiger partial charge in [0.15, 0.2) is 0 Å². The van der Waals surface area contributed by atoms with Gasteiger partial charge in [-0.3, -0.25) is 9.59 Å². The van der Waals surface area contributed by atoms with Crippen molar-refractivity contribution >= 4 is 11.8 Å². The topological polar surface area (TPSA) is 98.2 Å². The summed E-state index contributed by atoms with van der Waals surface area (Å²) >= 11 is 0. The smallest absolute Gasteiger partial charge is 0.220 e. The second-order valence-electron chi connectivity index (χ2n) is 6.28. The number of nitrogens with two attached hydrogens (primary N) is 2. The fraction of sp³-hybridized carbons (Fsp3) is 0.846. The number of hydrogen-bond acceptors (Lipinski definition) is 3. The Kier molecular flexibility index (Phi) is 6.32. The third-order valence-corrected chi connectivity index (χ3v) is 2.94. The molecule has 0 aliphatic rings. The first-order valence-corrected chi connectivity index (χ1v) is 6.37. The third kappa shape index (κ3) is 8.06. The molecule has 0 saturated carbocycles. The Labute approximate surface area is 110 Å². The van der Waals surface area contributed by atoms with E-state index in [1.54, 1.807) is 13.8 Å². The molecule has 0 fully saturated rings. The van der Waals surface area contributed by atoms with Crippen LogP contribution in [-0.2, 0) is 9.59 Å². The summed E-state index contributed by atoms with van der Waals surface area (Å²) in [5.74, 6) is -0.463. The minimum absolute atomic E-state index is 0.0497. The van der Waals surface area contributed by atoms with Crippen LogP contribution in [0.15, 0.2) is 0 Å². The van der Waals surface area contributed by atoms with Crippen LogP contribution in [0.25, 0.3) is 0 Å². The molecule has 0 aromatic rings. The van der Waals surface area contributed by atoms with Crippen LogP contribution >= 0.6 is 0 Å². The second kappa shape index (κ2) is 6.73. The fourth-order valence-electron chi connectivity index (χ4n) is 1.89. The zero-order valence-electron chi connectivity index (χ0n) is 12.0. The first-order chi connectivity index (χ1) is 8.08. The molecule has 0 saturated heterocycles. The van der Waals surface area contributed by atoms with Crippen LogP contribution in [0.4, 0.5) is 0 Å². The highest BCUT2D eigenvalue weighted by Gasteiger charge is 2.24. The number of carbonyl (C=O) groups is 2. The van der Waals surface area contributed by atoms with Gasteiger partial charge in [0, 0.05) is 18.4 Å². The van der Waals surface area contributed by atoms with E-state index in [1.807, 2.05) is 0 Å². The molecule has 0 aliphatic carbocycles. The molecular formula is C13H27N3O2. The van der Waals surface area contributed by atoms with E-state index in [0.717, 1.165) is 12.8 Å². The van der Waals surface area contributed by atoms with Gasteiger partial charge in [0.2, 0.25) is 11.8 Å². The summed E-state index contributed by atoms with van der Waals surface area (Å²) in [6, 6.07) is 0. The van der Waals surface area contributed by atoms with Gasteiger partial charge in [-0.25, -0.2) is 0 Å². The van der Waals surface area contributed by atoms with Gasteiger partial charge in [0.25, 0.3) is 0 Å². The highest BCUT2D eigenvalue weighted by atomic mass is 16.2. The van der Waals surface area contributed by atoms with Crippen LogP contribution < -0.4 is 16.8 Å². The Morgan fingerprint density at radius 3 is 2.11 bits per heavy atom. The summed E-state index contributed by atoms with van der Waals surface area (Å²) in [7, 11) is 0. The van der Waals surface area contributed by atoms with Gasteiger partial charge in [-0.05, 0) is 38.6 Å². The molecule has 0 aromatic carbocycles. The number of amides is 2. The van der Waals surface area contributed by atoms with E-state index in [2.05, 4.69) is 19.2 Å². The first kappa shape index (κ1) is 16.9. The monoisotopic (exact) mass is 257 g/mol. The molecule has 5 heteroatoms. The largest absolute Gasteiger partial charge is 0.370 e. The summed E-state index contributed by atoms with van der Waals surface area (Å²) in [5.41, 5.74) is 10.1. The van der Waals surface area contributed by atoms with E-state index >= 15 is 0 Å². The van der Waals surface area contributed by atoms with Crippen LogP contribution in [0.5, 0.6) is 0 Å². The van der Waals surface area contributed by atoms with E-state index < -0.39 is 11.4 Å². The molecule has 0 spiro atoms. The summed E-state index contributed by atoms with van der Waals surface area (Å²) in [6.07, 6.45) is 2.26. The molecule has 106 valence electrons. The predicted octanol–water partition coefficient (Wildman–Crippen LogP) is 0.912. The molecule has 5 nitrogen and oxygen atoms in total. The van der Waals surface area contributed by atoms with Gasteiger partial charge in [-0.1, -0.05) is 13.8 Å². The molecule has 18 heavy (non-hydrogen) atoms. The molecule has 0 heterocycles. The molecule has 0 aromatic heterocycles. The van der Waals surface area contributed by atoms with Crippen molar-refractivity contribution in [3.8, 4) is 0 Å². The molecule has 0 atom stereocenters. The van der Waals surface area contributed by atoms with Crippen molar-refractivity contribution < 1.29 is 9.59 Å². The Bertz CT molecular complexity index is 299. The van der Waals surface area contributed by atoms with E-state index in [9.17, 15) is 9.59 Å². The average molecular weight is 257 g/mol. The summed E-state index contributed by atoms with van der Waals surface area (Å²) in [6.45, 7) is 8.41. The zero-order valence-corrected chi connectivity index (χ0v) is 12.0. The molecular weight excluding hydrogens is 230 g/mol. The van der Waals surface area contributed by atoms with Crippen LogP contribution in [-0.4, -0.2) is 23.9 Å². The maximum absolute atomic E-state index is 11.8. The highest BCUT2D eigenvalue weighted by molar-refractivity contribution is 5.79. The summed E-state index contributed by atoms with van der Waals surface area (Å²) < 4.78 is 0. The van der Waals surface area contributed by atoms with Crippen LogP contribution in [0.2, 0.25) is 0 Å². The molecule has 0 bridgehead atoms. The van der Waals surface area contributed by atoms with Gasteiger partial charge >= 0.3 is 0 Å². The molecule has 0 radical (unpaired) electrons. The highest BCUT2D eigenvalue weighted by Crippen LogP contribution is 2.25. The van der Waals surface area contributed by atoms with E-state index in [0.29, 0.717) is 13.0 Å². The van der Waals surface area contributed by atoms with Crippen molar-refractivity contribution in [3.05, 3.63) is 0 Å². The Morgan fingerprint density at radius 2 is 1.67 bits per heavy atom. The van der Waals surface area contributed by atoms with Crippen LogP contribution in [0.3, 0.4) is 0 Å². The van der Waals surface area contributed by atoms with Gasteiger partial charge < -0.3 is 16.8 Å². The average Bonchev–Trinajstić information content (AvgIpc) is 2.11. The van der Waals surface area contributed by atoms with E-state index in [4.69, 9.17) is 11.5 Å². The minimum atomic E-state index is -0.582. The Balaban J connectivity index is 4.15. The lowest BCUT2D eigenvalue weighted by Crippen LogP contribution is -2.46. The lowest BCUT2D eigenvalue weighted by atomic mass is 9.84. The quantitative estimate of drug-likeness (QED) is 0.602. The SMILES string of the molecule is CC(C)(CCN)CCC(=O)NC(C)(C)CC(N)=O. The fourth-order valence-corrected chi connectivity index (χ4v) is 1.89. The molecule has 5 N–H and O–H groups in total. The summed E-state index contributed by atoms with van der Waals surface area (Å²) in [5, 5.41) is 2.83. The van der Waals surface area contributed by atoms with Gasteiger partial charge in [0.05, 0.1) is 0 Å². The number of nitrogens with one attached hydrogen (secondary N) is 1. The normalized spacial score (nSPS) is 12.3. The van der Waals surface area contributed by atoms with E-state index in [1.165, 1.54) is 0 Å². The lowest BCUT2D eigenvalue weighted by molar-refractivity contribution is -0.124. The van der Waals surface area contributed by atoms with Gasteiger partial charge in [0.1, 0.15) is 0 Å². The minimum Gasteiger partial charge on any atom is -0.370 e. The third-order valence-electron chi connectivity index (χ3n) is 2.94. The first-order valence-electron chi connectivity index (χ1n) is 6.37. The van der Waals surface area contributed by atoms with Gasteiger partial charge in [-0.2, -0.15) is 0 Å². The number of carbonyl (C=O) groups excluding carboxylic acids is 2. The molecule has 0 aliphatic heterocycles. The van der Waals surface area contributed by atoms with Crippen molar-refractivity contribution in [2.45, 2.75) is 58.9 Å². The van der Waals surface area contributed by atoms with Gasteiger partial charge in [-0.15, -0.1) is 0 Å². The van der Waals surface area contributed by atoms with Crippen molar-refractivity contribution in [2.75, 3.05) is 6.54 Å². The zero-order chi connectivity index (χ0) is 14.4. The standard InChI is InChI=1S/C13H27N3O2/c1-12(2,7-8-14)6-5-11(18)16-13(3,4)9-10(15)17/h5-9,14H2,1-4H3,(H2,15,17)(H,16,18). The molecule has 0 unspecified atom stereocenters. The molecule has 2 amide bonds. The Hall–Kier alpha value is -1.10. The molecule has 0 rings (SSSR count). The van der Waals surface area contributed by atoms with Crippen molar-refractivity contribution in [1.29, 1.82) is 0 Å². The number of hydrogen-bond donors (Lipinski definition) is 3. The second-order valence-corrected chi connectivity index (χ2v) is 6.28. The predicted molar refractivity (Wildman–Crippen MR) is 72.7 cm³/mol. The van der Waals surface area contributed by atoms with Crippen LogP contribution in [0, 0.1) is 5.41 Å². The van der Waals surface area contributed by atoms with Crippen LogP contribution in [0.1, 0.15) is 53.4 Å². The lowest BCUT2D eigenvalue weighted by Gasteiger charge is -2.27.